The SMILES string of the molecule is Clc1ccc(Nc2cc3c(nn2)-c2ccccc2CC3)cc1. The quantitative estimate of drug-likeness (QED) is 0.749. The van der Waals surface area contributed by atoms with Gasteiger partial charge in [0.1, 0.15) is 0 Å². The van der Waals surface area contributed by atoms with Crippen LogP contribution in [0.1, 0.15) is 11.1 Å². The Morgan fingerprint density at radius 2 is 1.64 bits per heavy atom. The Bertz CT molecular complexity index is 828. The molecule has 3 nitrogen and oxygen atoms in total. The summed E-state index contributed by atoms with van der Waals surface area (Å²) in [6.45, 7) is 0. The summed E-state index contributed by atoms with van der Waals surface area (Å²) in [6, 6.07) is 18.1. The standard InChI is InChI=1S/C18H14ClN3/c19-14-7-9-15(10-8-14)20-17-11-13-6-5-12-3-1-2-4-16(12)18(13)22-21-17/h1-4,7-11H,5-6H2,(H,20,21). The van der Waals surface area contributed by atoms with Gasteiger partial charge in [-0.1, -0.05) is 35.9 Å². The third kappa shape index (κ3) is 2.44. The maximum atomic E-state index is 5.90. The molecular weight excluding hydrogens is 294 g/mol. The van der Waals surface area contributed by atoms with E-state index in [-0.39, 0.29) is 0 Å². The van der Waals surface area contributed by atoms with E-state index in [9.17, 15) is 0 Å². The number of aryl methyl sites for hydroxylation is 2. The summed E-state index contributed by atoms with van der Waals surface area (Å²) >= 11 is 5.90. The Hall–Kier alpha value is -2.39. The second-order valence-corrected chi connectivity index (χ2v) is 5.83. The number of aromatic nitrogens is 2. The molecule has 2 aromatic carbocycles. The van der Waals surface area contributed by atoms with Gasteiger partial charge in [0.05, 0.1) is 5.69 Å². The molecule has 108 valence electrons. The van der Waals surface area contributed by atoms with Gasteiger partial charge in [0, 0.05) is 16.3 Å². The fraction of sp³-hybridized carbons (Fsp3) is 0.111. The third-order valence-corrected chi connectivity index (χ3v) is 4.18. The van der Waals surface area contributed by atoms with Gasteiger partial charge in [0.25, 0.3) is 0 Å². The number of halogens is 1. The molecule has 1 heterocycles. The lowest BCUT2D eigenvalue weighted by molar-refractivity contribution is 0.899. The summed E-state index contributed by atoms with van der Waals surface area (Å²) in [6.07, 6.45) is 2.05. The molecule has 1 aromatic heterocycles. The molecule has 3 aromatic rings. The van der Waals surface area contributed by atoms with Crippen LogP contribution < -0.4 is 5.32 Å². The van der Waals surface area contributed by atoms with Crippen LogP contribution in [0.4, 0.5) is 11.5 Å². The van der Waals surface area contributed by atoms with Crippen LogP contribution in [-0.4, -0.2) is 10.2 Å². The number of rotatable bonds is 2. The fourth-order valence-corrected chi connectivity index (χ4v) is 2.95. The van der Waals surface area contributed by atoms with Gasteiger partial charge in [0.2, 0.25) is 0 Å². The fourth-order valence-electron chi connectivity index (χ4n) is 2.83. The average molecular weight is 308 g/mol. The smallest absolute Gasteiger partial charge is 0.153 e. The van der Waals surface area contributed by atoms with Gasteiger partial charge in [-0.3, -0.25) is 0 Å². The van der Waals surface area contributed by atoms with Gasteiger partial charge >= 0.3 is 0 Å². The zero-order valence-corrected chi connectivity index (χ0v) is 12.6. The van der Waals surface area contributed by atoms with Gasteiger partial charge < -0.3 is 5.32 Å². The van der Waals surface area contributed by atoms with Gasteiger partial charge in [-0.15, -0.1) is 10.2 Å². The molecular formula is C18H14ClN3. The first-order valence-electron chi connectivity index (χ1n) is 7.27. The zero-order chi connectivity index (χ0) is 14.9. The monoisotopic (exact) mass is 307 g/mol. The molecule has 1 aliphatic rings. The molecule has 0 atom stereocenters. The van der Waals surface area contributed by atoms with Crippen molar-refractivity contribution in [2.24, 2.45) is 0 Å². The summed E-state index contributed by atoms with van der Waals surface area (Å²) in [5, 5.41) is 12.7. The van der Waals surface area contributed by atoms with E-state index in [1.54, 1.807) is 0 Å². The predicted octanol–water partition coefficient (Wildman–Crippen LogP) is 4.64. The van der Waals surface area contributed by atoms with Crippen molar-refractivity contribution in [2.45, 2.75) is 12.8 Å². The molecule has 0 bridgehead atoms. The number of nitrogens with one attached hydrogen (secondary N) is 1. The summed E-state index contributed by atoms with van der Waals surface area (Å²) in [5.41, 5.74) is 5.75. The maximum absolute atomic E-state index is 5.90. The van der Waals surface area contributed by atoms with E-state index in [1.165, 1.54) is 16.7 Å². The molecule has 1 aliphatic carbocycles. The highest BCUT2D eigenvalue weighted by Gasteiger charge is 2.17. The number of hydrogen-bond donors (Lipinski definition) is 1. The minimum atomic E-state index is 0.721. The Morgan fingerprint density at radius 3 is 2.50 bits per heavy atom. The highest BCUT2D eigenvalue weighted by atomic mass is 35.5. The highest BCUT2D eigenvalue weighted by molar-refractivity contribution is 6.30. The van der Waals surface area contributed by atoms with Crippen LogP contribution in [0, 0.1) is 0 Å². The van der Waals surface area contributed by atoms with Crippen molar-refractivity contribution in [3.63, 3.8) is 0 Å². The van der Waals surface area contributed by atoms with E-state index in [0.29, 0.717) is 0 Å². The normalized spacial score (nSPS) is 12.4. The molecule has 1 N–H and O–H groups in total. The molecule has 0 saturated heterocycles. The molecule has 4 heteroatoms. The topological polar surface area (TPSA) is 37.8 Å². The van der Waals surface area contributed by atoms with Crippen LogP contribution in [-0.2, 0) is 12.8 Å². The Balaban J connectivity index is 1.67. The van der Waals surface area contributed by atoms with Gasteiger partial charge in [-0.2, -0.15) is 0 Å². The van der Waals surface area contributed by atoms with Crippen LogP contribution in [0.25, 0.3) is 11.3 Å². The Labute approximate surface area is 134 Å². The first kappa shape index (κ1) is 13.3. The van der Waals surface area contributed by atoms with Crippen molar-refractivity contribution in [3.05, 3.63) is 70.7 Å². The first-order chi connectivity index (χ1) is 10.8. The van der Waals surface area contributed by atoms with Crippen molar-refractivity contribution in [1.82, 2.24) is 10.2 Å². The highest BCUT2D eigenvalue weighted by Crippen LogP contribution is 2.32. The third-order valence-electron chi connectivity index (χ3n) is 3.93. The lowest BCUT2D eigenvalue weighted by Crippen LogP contribution is -2.08. The lowest BCUT2D eigenvalue weighted by Gasteiger charge is -2.18. The van der Waals surface area contributed by atoms with Gasteiger partial charge in [0.15, 0.2) is 5.82 Å². The maximum Gasteiger partial charge on any atom is 0.153 e. The van der Waals surface area contributed by atoms with Crippen molar-refractivity contribution in [1.29, 1.82) is 0 Å². The van der Waals surface area contributed by atoms with Crippen LogP contribution >= 0.6 is 11.6 Å². The number of hydrogen-bond acceptors (Lipinski definition) is 3. The van der Waals surface area contributed by atoms with Crippen molar-refractivity contribution in [3.8, 4) is 11.3 Å². The number of fused-ring (bicyclic) bond motifs is 3. The average Bonchev–Trinajstić information content (AvgIpc) is 2.57. The molecule has 0 radical (unpaired) electrons. The molecule has 0 fully saturated rings. The van der Waals surface area contributed by atoms with Crippen LogP contribution in [0.3, 0.4) is 0 Å². The first-order valence-corrected chi connectivity index (χ1v) is 7.65. The summed E-state index contributed by atoms with van der Waals surface area (Å²) in [4.78, 5) is 0. The van der Waals surface area contributed by atoms with Gasteiger partial charge in [-0.05, 0) is 54.3 Å². The van der Waals surface area contributed by atoms with Crippen molar-refractivity contribution in [2.75, 3.05) is 5.32 Å². The number of nitrogens with zero attached hydrogens (tertiary/aromatic N) is 2. The van der Waals surface area contributed by atoms with E-state index >= 15 is 0 Å². The van der Waals surface area contributed by atoms with Crippen LogP contribution in [0.2, 0.25) is 5.02 Å². The molecule has 0 amide bonds. The summed E-state index contributed by atoms with van der Waals surface area (Å²) in [7, 11) is 0. The number of benzene rings is 2. The lowest BCUT2D eigenvalue weighted by atomic mass is 9.89. The Morgan fingerprint density at radius 1 is 0.864 bits per heavy atom. The zero-order valence-electron chi connectivity index (χ0n) is 11.9. The van der Waals surface area contributed by atoms with E-state index in [1.807, 2.05) is 24.3 Å². The molecule has 0 saturated carbocycles. The van der Waals surface area contributed by atoms with Crippen molar-refractivity contribution >= 4 is 23.1 Å². The molecule has 0 spiro atoms. The van der Waals surface area contributed by atoms with E-state index in [0.717, 1.165) is 35.1 Å². The van der Waals surface area contributed by atoms with Gasteiger partial charge in [-0.25, -0.2) is 0 Å². The minimum absolute atomic E-state index is 0.721. The predicted molar refractivity (Wildman–Crippen MR) is 89.6 cm³/mol. The van der Waals surface area contributed by atoms with Crippen molar-refractivity contribution < 1.29 is 0 Å². The number of anilines is 2. The Kier molecular flexibility index (Phi) is 3.28. The van der Waals surface area contributed by atoms with Crippen LogP contribution in [0.15, 0.2) is 54.6 Å². The molecule has 0 unspecified atom stereocenters. The van der Waals surface area contributed by atoms with Crippen LogP contribution in [0.5, 0.6) is 0 Å². The van der Waals surface area contributed by atoms with E-state index in [2.05, 4.69) is 45.8 Å². The molecule has 22 heavy (non-hydrogen) atoms. The second-order valence-electron chi connectivity index (χ2n) is 5.39. The summed E-state index contributed by atoms with van der Waals surface area (Å²) in [5.74, 6) is 0.764. The van der Waals surface area contributed by atoms with E-state index < -0.39 is 0 Å². The summed E-state index contributed by atoms with van der Waals surface area (Å²) < 4.78 is 0. The van der Waals surface area contributed by atoms with E-state index in [4.69, 9.17) is 11.6 Å². The second kappa shape index (κ2) is 5.43. The molecule has 4 rings (SSSR count). The largest absolute Gasteiger partial charge is 0.339 e. The molecule has 0 aliphatic heterocycles. The minimum Gasteiger partial charge on any atom is -0.339 e.